The number of hydrogen-bond donors (Lipinski definition) is 0. The van der Waals surface area contributed by atoms with Gasteiger partial charge >= 0.3 is 0 Å². The zero-order valence-electron chi connectivity index (χ0n) is 5.58. The van der Waals surface area contributed by atoms with Gasteiger partial charge in [0.1, 0.15) is 0 Å². The van der Waals surface area contributed by atoms with E-state index in [1.54, 1.807) is 4.99 Å². The number of aryl methyl sites for hydroxylation is 1. The zero-order chi connectivity index (χ0) is 7.40. The van der Waals surface area contributed by atoms with E-state index in [1.807, 2.05) is 25.1 Å². The van der Waals surface area contributed by atoms with Gasteiger partial charge in [-0.2, -0.15) is 10.2 Å². The third kappa shape index (κ3) is 1.92. The normalized spacial score (nSPS) is 10.6. The van der Waals surface area contributed by atoms with Crippen molar-refractivity contribution >= 4 is 22.0 Å². The van der Waals surface area contributed by atoms with Crippen LogP contribution in [0.25, 0.3) is 6.08 Å². The molecule has 1 aromatic rings. The second kappa shape index (κ2) is 3.46. The first-order chi connectivity index (χ1) is 4.83. The molecule has 0 aliphatic carbocycles. The Morgan fingerprint density at radius 1 is 1.40 bits per heavy atom. The van der Waals surface area contributed by atoms with Crippen molar-refractivity contribution in [1.29, 1.82) is 0 Å². The van der Waals surface area contributed by atoms with Crippen LogP contribution in [0.2, 0.25) is 0 Å². The summed E-state index contributed by atoms with van der Waals surface area (Å²) in [4.78, 5) is 1.76. The fourth-order valence-electron chi connectivity index (χ4n) is 0.563. The summed E-state index contributed by atoms with van der Waals surface area (Å²) in [5.74, 6) is 0. The van der Waals surface area contributed by atoms with Crippen LogP contribution in [0.3, 0.4) is 0 Å². The highest BCUT2D eigenvalue weighted by atomic mass is 79.9. The van der Waals surface area contributed by atoms with Gasteiger partial charge in [-0.1, -0.05) is 15.9 Å². The molecule has 0 N–H and O–H groups in total. The van der Waals surface area contributed by atoms with Crippen molar-refractivity contribution in [1.82, 2.24) is 10.2 Å². The summed E-state index contributed by atoms with van der Waals surface area (Å²) in [6, 6.07) is 3.84. The first kappa shape index (κ1) is 7.41. The van der Waals surface area contributed by atoms with Gasteiger partial charge in [0.2, 0.25) is 0 Å². The fraction of sp³-hybridized carbons (Fsp3) is 0.143. The Morgan fingerprint density at radius 2 is 2.20 bits per heavy atom. The molecule has 1 aromatic heterocycles. The lowest BCUT2D eigenvalue weighted by Crippen LogP contribution is -1.86. The van der Waals surface area contributed by atoms with Crippen molar-refractivity contribution in [2.24, 2.45) is 0 Å². The van der Waals surface area contributed by atoms with Crippen LogP contribution in [0.5, 0.6) is 0 Å². The summed E-state index contributed by atoms with van der Waals surface area (Å²) in [6.45, 7) is 1.91. The Kier molecular flexibility index (Phi) is 2.57. The molecule has 52 valence electrons. The van der Waals surface area contributed by atoms with Gasteiger partial charge in [-0.05, 0) is 30.1 Å². The van der Waals surface area contributed by atoms with Crippen LogP contribution in [-0.4, -0.2) is 10.2 Å². The molecule has 0 amide bonds. The molecule has 0 radical (unpaired) electrons. The molecule has 0 aromatic carbocycles. The number of nitrogens with zero attached hydrogens (tertiary/aromatic N) is 2. The van der Waals surface area contributed by atoms with Crippen molar-refractivity contribution in [3.63, 3.8) is 0 Å². The fourth-order valence-corrected chi connectivity index (χ4v) is 0.834. The maximum absolute atomic E-state index is 3.90. The van der Waals surface area contributed by atoms with Crippen molar-refractivity contribution in [2.45, 2.75) is 6.92 Å². The molecule has 0 spiro atoms. The highest BCUT2D eigenvalue weighted by molar-refractivity contribution is 9.11. The van der Waals surface area contributed by atoms with Crippen LogP contribution < -0.4 is 0 Å². The maximum atomic E-state index is 3.90. The van der Waals surface area contributed by atoms with E-state index in [0.717, 1.165) is 11.4 Å². The van der Waals surface area contributed by atoms with Crippen LogP contribution in [-0.2, 0) is 0 Å². The monoisotopic (exact) mass is 198 g/mol. The van der Waals surface area contributed by atoms with E-state index in [-0.39, 0.29) is 0 Å². The van der Waals surface area contributed by atoms with Gasteiger partial charge in [0.05, 0.1) is 11.4 Å². The second-order valence-corrected chi connectivity index (χ2v) is 2.42. The largest absolute Gasteiger partial charge is 0.155 e. The summed E-state index contributed by atoms with van der Waals surface area (Å²) in [5, 5.41) is 7.78. The average Bonchev–Trinajstić information content (AvgIpc) is 1.95. The van der Waals surface area contributed by atoms with Gasteiger partial charge in [-0.15, -0.1) is 0 Å². The third-order valence-electron chi connectivity index (χ3n) is 1.05. The number of aromatic nitrogens is 2. The van der Waals surface area contributed by atoms with Crippen LogP contribution in [0.1, 0.15) is 11.4 Å². The molecule has 0 unspecified atom stereocenters. The summed E-state index contributed by atoms with van der Waals surface area (Å²) in [6.07, 6.45) is 1.84. The SMILES string of the molecule is Cc1ccc(/C=C/Br)nn1. The quantitative estimate of drug-likeness (QED) is 0.692. The van der Waals surface area contributed by atoms with Crippen molar-refractivity contribution in [2.75, 3.05) is 0 Å². The minimum Gasteiger partial charge on any atom is -0.155 e. The van der Waals surface area contributed by atoms with E-state index in [4.69, 9.17) is 0 Å². The highest BCUT2D eigenvalue weighted by Gasteiger charge is 1.86. The van der Waals surface area contributed by atoms with E-state index >= 15 is 0 Å². The van der Waals surface area contributed by atoms with E-state index in [1.165, 1.54) is 0 Å². The minimum absolute atomic E-state index is 0.863. The molecule has 0 aliphatic heterocycles. The zero-order valence-corrected chi connectivity index (χ0v) is 7.17. The minimum atomic E-state index is 0.863. The van der Waals surface area contributed by atoms with Gasteiger partial charge in [-0.3, -0.25) is 0 Å². The first-order valence-corrected chi connectivity index (χ1v) is 3.81. The van der Waals surface area contributed by atoms with Crippen LogP contribution >= 0.6 is 15.9 Å². The molecule has 0 aliphatic rings. The van der Waals surface area contributed by atoms with Crippen molar-refractivity contribution in [3.8, 4) is 0 Å². The molecule has 1 heterocycles. The first-order valence-electron chi connectivity index (χ1n) is 2.90. The summed E-state index contributed by atoms with van der Waals surface area (Å²) in [7, 11) is 0. The number of hydrogen-bond acceptors (Lipinski definition) is 2. The van der Waals surface area contributed by atoms with Crippen molar-refractivity contribution in [3.05, 3.63) is 28.5 Å². The Balaban J connectivity index is 2.89. The molecule has 0 saturated heterocycles. The van der Waals surface area contributed by atoms with E-state index < -0.39 is 0 Å². The van der Waals surface area contributed by atoms with Gasteiger partial charge in [-0.25, -0.2) is 0 Å². The van der Waals surface area contributed by atoms with E-state index in [9.17, 15) is 0 Å². The average molecular weight is 199 g/mol. The Morgan fingerprint density at radius 3 is 2.70 bits per heavy atom. The summed E-state index contributed by atoms with van der Waals surface area (Å²) in [5.41, 5.74) is 1.80. The lowest BCUT2D eigenvalue weighted by atomic mass is 10.3. The smallest absolute Gasteiger partial charge is 0.0862 e. The van der Waals surface area contributed by atoms with E-state index in [0.29, 0.717) is 0 Å². The molecule has 2 nitrogen and oxygen atoms in total. The second-order valence-electron chi connectivity index (χ2n) is 1.89. The number of rotatable bonds is 1. The van der Waals surface area contributed by atoms with Gasteiger partial charge in [0.15, 0.2) is 0 Å². The van der Waals surface area contributed by atoms with Gasteiger partial charge in [0, 0.05) is 0 Å². The van der Waals surface area contributed by atoms with E-state index in [2.05, 4.69) is 26.1 Å². The lowest BCUT2D eigenvalue weighted by Gasteiger charge is -1.89. The summed E-state index contributed by atoms with van der Waals surface area (Å²) >= 11 is 3.16. The predicted octanol–water partition coefficient (Wildman–Crippen LogP) is 2.15. The molecule has 0 fully saturated rings. The Labute approximate surface area is 68.1 Å². The molecular weight excluding hydrogens is 192 g/mol. The summed E-state index contributed by atoms with van der Waals surface area (Å²) < 4.78 is 0. The molecule has 1 rings (SSSR count). The van der Waals surface area contributed by atoms with Crippen LogP contribution in [0.15, 0.2) is 17.1 Å². The molecule has 3 heteroatoms. The topological polar surface area (TPSA) is 25.8 Å². The standard InChI is InChI=1S/C7H7BrN2/c1-6-2-3-7(4-5-8)10-9-6/h2-5H,1H3/b5-4+. The van der Waals surface area contributed by atoms with Gasteiger partial charge in [0.25, 0.3) is 0 Å². The van der Waals surface area contributed by atoms with Crippen LogP contribution in [0.4, 0.5) is 0 Å². The molecular formula is C7H7BrN2. The number of halogens is 1. The predicted molar refractivity (Wildman–Crippen MR) is 44.7 cm³/mol. The molecule has 10 heavy (non-hydrogen) atoms. The third-order valence-corrected chi connectivity index (χ3v) is 1.32. The highest BCUT2D eigenvalue weighted by Crippen LogP contribution is 1.98. The van der Waals surface area contributed by atoms with Crippen molar-refractivity contribution < 1.29 is 0 Å². The Bertz CT molecular complexity index is 228. The van der Waals surface area contributed by atoms with Gasteiger partial charge < -0.3 is 0 Å². The van der Waals surface area contributed by atoms with Crippen LogP contribution in [0, 0.1) is 6.92 Å². The lowest BCUT2D eigenvalue weighted by molar-refractivity contribution is 0.970. The molecule has 0 atom stereocenters. The molecule has 0 saturated carbocycles. The maximum Gasteiger partial charge on any atom is 0.0862 e. The molecule has 0 bridgehead atoms. The Hall–Kier alpha value is -0.700.